The Morgan fingerprint density at radius 3 is 2.70 bits per heavy atom. The Hall–Kier alpha value is -2.83. The van der Waals surface area contributed by atoms with Gasteiger partial charge in [-0.15, -0.1) is 0 Å². The second kappa shape index (κ2) is 6.12. The number of anilines is 1. The van der Waals surface area contributed by atoms with E-state index in [1.807, 2.05) is 0 Å². The normalized spacial score (nSPS) is 12.7. The zero-order valence-electron chi connectivity index (χ0n) is 12.2. The number of carbonyl (C=O) groups is 1. The van der Waals surface area contributed by atoms with Crippen molar-refractivity contribution in [1.82, 2.24) is 0 Å². The summed E-state index contributed by atoms with van der Waals surface area (Å²) in [5.74, 6) is -1.02. The summed E-state index contributed by atoms with van der Waals surface area (Å²) in [5.41, 5.74) is 0.0834. The molecule has 1 aliphatic heterocycles. The lowest BCUT2D eigenvalue weighted by Gasteiger charge is -2.21. The molecule has 2 aromatic rings. The summed E-state index contributed by atoms with van der Waals surface area (Å²) in [6.45, 7) is 0.740. The fraction of sp³-hybridized carbons (Fsp3) is 0.188. The van der Waals surface area contributed by atoms with E-state index in [2.05, 4.69) is 5.32 Å². The molecule has 7 heteroatoms. The molecular formula is C16H13F2NO4. The predicted molar refractivity (Wildman–Crippen MR) is 78.3 cm³/mol. The Morgan fingerprint density at radius 2 is 1.96 bits per heavy atom. The van der Waals surface area contributed by atoms with E-state index in [1.54, 1.807) is 0 Å². The maximum absolute atomic E-state index is 13.6. The zero-order valence-corrected chi connectivity index (χ0v) is 12.2. The van der Waals surface area contributed by atoms with Crippen molar-refractivity contribution in [3.8, 4) is 17.2 Å². The van der Waals surface area contributed by atoms with Crippen LogP contribution in [0.25, 0.3) is 0 Å². The van der Waals surface area contributed by atoms with Crippen LogP contribution in [0.1, 0.15) is 10.4 Å². The Morgan fingerprint density at radius 1 is 1.17 bits per heavy atom. The molecule has 1 amide bonds. The van der Waals surface area contributed by atoms with Gasteiger partial charge in [-0.3, -0.25) is 4.79 Å². The van der Waals surface area contributed by atoms with Crippen LogP contribution in [0.2, 0.25) is 0 Å². The van der Waals surface area contributed by atoms with Crippen molar-refractivity contribution in [2.45, 2.75) is 0 Å². The van der Waals surface area contributed by atoms with E-state index in [-0.39, 0.29) is 11.3 Å². The molecule has 3 rings (SSSR count). The van der Waals surface area contributed by atoms with E-state index in [9.17, 15) is 13.6 Å². The third-order valence-electron chi connectivity index (χ3n) is 3.27. The highest BCUT2D eigenvalue weighted by atomic mass is 19.1. The van der Waals surface area contributed by atoms with Gasteiger partial charge in [0.2, 0.25) is 5.75 Å². The van der Waals surface area contributed by atoms with Crippen molar-refractivity contribution in [2.24, 2.45) is 0 Å². The molecule has 0 fully saturated rings. The third kappa shape index (κ3) is 3.03. The van der Waals surface area contributed by atoms with Crippen molar-refractivity contribution in [3.05, 3.63) is 47.5 Å². The molecule has 0 bridgehead atoms. The Kier molecular flexibility index (Phi) is 4.01. The molecule has 23 heavy (non-hydrogen) atoms. The molecule has 1 aliphatic rings. The van der Waals surface area contributed by atoms with Gasteiger partial charge in [0.25, 0.3) is 5.91 Å². The van der Waals surface area contributed by atoms with E-state index in [0.717, 1.165) is 12.1 Å². The second-order valence-electron chi connectivity index (χ2n) is 4.78. The smallest absolute Gasteiger partial charge is 0.256 e. The highest BCUT2D eigenvalue weighted by Gasteiger charge is 2.21. The number of methoxy groups -OCH3 is 1. The molecule has 0 saturated carbocycles. The summed E-state index contributed by atoms with van der Waals surface area (Å²) in [7, 11) is 1.44. The molecule has 2 aromatic carbocycles. The van der Waals surface area contributed by atoms with E-state index in [4.69, 9.17) is 14.2 Å². The van der Waals surface area contributed by atoms with Gasteiger partial charge >= 0.3 is 0 Å². The van der Waals surface area contributed by atoms with E-state index < -0.39 is 17.5 Å². The third-order valence-corrected chi connectivity index (χ3v) is 3.27. The zero-order chi connectivity index (χ0) is 16.4. The number of carbonyl (C=O) groups excluding carboxylic acids is 1. The van der Waals surface area contributed by atoms with Crippen LogP contribution in [-0.4, -0.2) is 26.2 Å². The standard InChI is InChI=1S/C16H13F2NO4/c1-21-13-6-9(7-14-15(13)23-5-4-22-14)16(20)19-12-3-2-10(17)8-11(12)18/h2-3,6-8H,4-5H2,1H3,(H,19,20). The van der Waals surface area contributed by atoms with Crippen LogP contribution >= 0.6 is 0 Å². The first-order chi connectivity index (χ1) is 11.1. The van der Waals surface area contributed by atoms with Crippen molar-refractivity contribution in [3.63, 3.8) is 0 Å². The van der Waals surface area contributed by atoms with E-state index >= 15 is 0 Å². The molecule has 0 saturated heterocycles. The van der Waals surface area contributed by atoms with Gasteiger partial charge in [0.05, 0.1) is 12.8 Å². The topological polar surface area (TPSA) is 56.8 Å². The van der Waals surface area contributed by atoms with Crippen molar-refractivity contribution in [1.29, 1.82) is 0 Å². The van der Waals surface area contributed by atoms with Gasteiger partial charge in [-0.25, -0.2) is 8.78 Å². The minimum atomic E-state index is -0.858. The van der Waals surface area contributed by atoms with Crippen molar-refractivity contribution >= 4 is 11.6 Å². The fourth-order valence-electron chi connectivity index (χ4n) is 2.19. The van der Waals surface area contributed by atoms with E-state index in [1.165, 1.54) is 19.2 Å². The average molecular weight is 321 g/mol. The first-order valence-corrected chi connectivity index (χ1v) is 6.82. The second-order valence-corrected chi connectivity index (χ2v) is 4.78. The number of fused-ring (bicyclic) bond motifs is 1. The summed E-state index contributed by atoms with van der Waals surface area (Å²) in [5, 5.41) is 2.38. The van der Waals surface area contributed by atoms with Gasteiger partial charge < -0.3 is 19.5 Å². The largest absolute Gasteiger partial charge is 0.493 e. The number of amides is 1. The van der Waals surface area contributed by atoms with Gasteiger partial charge in [-0.1, -0.05) is 0 Å². The maximum Gasteiger partial charge on any atom is 0.256 e. The minimum absolute atomic E-state index is 0.120. The van der Waals surface area contributed by atoms with Crippen LogP contribution in [0.5, 0.6) is 17.2 Å². The number of ether oxygens (including phenoxy) is 3. The van der Waals surface area contributed by atoms with E-state index in [0.29, 0.717) is 36.5 Å². The van der Waals surface area contributed by atoms with Gasteiger partial charge in [-0.2, -0.15) is 0 Å². The molecule has 0 radical (unpaired) electrons. The molecule has 1 heterocycles. The van der Waals surface area contributed by atoms with Crippen LogP contribution in [0.4, 0.5) is 14.5 Å². The number of hydrogen-bond acceptors (Lipinski definition) is 4. The summed E-state index contributed by atoms with van der Waals surface area (Å²) < 4.78 is 42.6. The van der Waals surface area contributed by atoms with Gasteiger partial charge in [0, 0.05) is 11.6 Å². The van der Waals surface area contributed by atoms with Crippen molar-refractivity contribution in [2.75, 3.05) is 25.6 Å². The molecular weight excluding hydrogens is 308 g/mol. The van der Waals surface area contributed by atoms with Crippen LogP contribution in [0.3, 0.4) is 0 Å². The van der Waals surface area contributed by atoms with Gasteiger partial charge in [0.1, 0.15) is 24.8 Å². The van der Waals surface area contributed by atoms with Crippen LogP contribution < -0.4 is 19.5 Å². The highest BCUT2D eigenvalue weighted by Crippen LogP contribution is 2.40. The summed E-state index contributed by atoms with van der Waals surface area (Å²) >= 11 is 0. The molecule has 0 aromatic heterocycles. The first-order valence-electron chi connectivity index (χ1n) is 6.82. The number of nitrogens with one attached hydrogen (secondary N) is 1. The number of rotatable bonds is 3. The van der Waals surface area contributed by atoms with Gasteiger partial charge in [-0.05, 0) is 24.3 Å². The van der Waals surface area contributed by atoms with Crippen LogP contribution in [-0.2, 0) is 0 Å². The Labute approximate surface area is 130 Å². The van der Waals surface area contributed by atoms with Crippen molar-refractivity contribution < 1.29 is 27.8 Å². The molecule has 0 unspecified atom stereocenters. The number of halogens is 2. The minimum Gasteiger partial charge on any atom is -0.493 e. The number of benzene rings is 2. The van der Waals surface area contributed by atoms with Crippen LogP contribution in [0, 0.1) is 11.6 Å². The van der Waals surface area contributed by atoms with Gasteiger partial charge in [0.15, 0.2) is 11.5 Å². The highest BCUT2D eigenvalue weighted by molar-refractivity contribution is 6.05. The fourth-order valence-corrected chi connectivity index (χ4v) is 2.19. The predicted octanol–water partition coefficient (Wildman–Crippen LogP) is 3.00. The quantitative estimate of drug-likeness (QED) is 0.944. The molecule has 0 atom stereocenters. The average Bonchev–Trinajstić information content (AvgIpc) is 2.56. The molecule has 0 spiro atoms. The Balaban J connectivity index is 1.90. The molecule has 5 nitrogen and oxygen atoms in total. The maximum atomic E-state index is 13.6. The summed E-state index contributed by atoms with van der Waals surface area (Å²) in [6, 6.07) is 5.85. The number of hydrogen-bond donors (Lipinski definition) is 1. The first kappa shape index (κ1) is 15.1. The van der Waals surface area contributed by atoms with Crippen LogP contribution in [0.15, 0.2) is 30.3 Å². The lowest BCUT2D eigenvalue weighted by Crippen LogP contribution is -2.18. The lowest BCUT2D eigenvalue weighted by atomic mass is 10.1. The lowest BCUT2D eigenvalue weighted by molar-refractivity contribution is 0.102. The SMILES string of the molecule is COc1cc(C(=O)Nc2ccc(F)cc2F)cc2c1OCCO2. The molecule has 0 aliphatic carbocycles. The Bertz CT molecular complexity index is 747. The molecule has 1 N–H and O–H groups in total. The summed E-state index contributed by atoms with van der Waals surface area (Å²) in [6.07, 6.45) is 0. The molecule has 120 valence electrons. The summed E-state index contributed by atoms with van der Waals surface area (Å²) in [4.78, 5) is 12.3. The monoisotopic (exact) mass is 321 g/mol.